The maximum absolute atomic E-state index is 8.48. The summed E-state index contributed by atoms with van der Waals surface area (Å²) in [5.41, 5.74) is 22.7. The monoisotopic (exact) mass is 748 g/mol. The molecule has 0 saturated heterocycles. The van der Waals surface area contributed by atoms with Gasteiger partial charge in [0.25, 0.3) is 0 Å². The lowest BCUT2D eigenvalue weighted by Crippen LogP contribution is -2.16. The van der Waals surface area contributed by atoms with Crippen molar-refractivity contribution in [3.05, 3.63) is 222 Å². The number of hydrogen-bond donors (Lipinski definition) is 2. The summed E-state index contributed by atoms with van der Waals surface area (Å²) in [6, 6.07) is 67.7. The van der Waals surface area contributed by atoms with Crippen molar-refractivity contribution in [1.29, 1.82) is 5.41 Å². The number of benzene rings is 8. The van der Waals surface area contributed by atoms with Gasteiger partial charge in [0.2, 0.25) is 0 Å². The van der Waals surface area contributed by atoms with Crippen LogP contribution in [0.4, 0.5) is 0 Å². The largest absolute Gasteiger partial charge is 0.383 e. The molecule has 0 unspecified atom stereocenters. The molecule has 58 heavy (non-hydrogen) atoms. The van der Waals surface area contributed by atoms with Crippen LogP contribution in [0.15, 0.2) is 199 Å². The second kappa shape index (κ2) is 15.0. The van der Waals surface area contributed by atoms with Crippen LogP contribution in [0.2, 0.25) is 0 Å². The highest BCUT2D eigenvalue weighted by molar-refractivity contribution is 6.12. The molecule has 4 heteroatoms. The van der Waals surface area contributed by atoms with E-state index < -0.39 is 0 Å². The number of para-hydroxylation sites is 1. The van der Waals surface area contributed by atoms with Crippen LogP contribution in [0.5, 0.6) is 0 Å². The van der Waals surface area contributed by atoms with Crippen molar-refractivity contribution in [1.82, 2.24) is 4.57 Å². The number of nitrogens with one attached hydrogen (secondary N) is 1. The standard InChI is InChI=1S/C47H36N4.C7H8/c1-47(2)41-17-8-6-15-37(41)38-25-23-33(28-42(38)47)30-19-21-31(22-20-30)34-24-26-40-39-16-7-9-18-43(39)51(44(40)29-34)36-14-10-13-35(27-36)46(49)50-45(48)32-11-4-3-5-12-32;1-7-5-3-2-4-6-7/h3-29H,1-2H3,(H3,48,49,50);2-6H,1H3. The molecular weight excluding hydrogens is 705 g/mol. The fourth-order valence-electron chi connectivity index (χ4n) is 8.35. The van der Waals surface area contributed by atoms with Gasteiger partial charge in [-0.05, 0) is 81.8 Å². The number of nitrogens with zero attached hydrogens (tertiary/aromatic N) is 2. The first kappa shape index (κ1) is 36.3. The van der Waals surface area contributed by atoms with Crippen LogP contribution in [0.25, 0.3) is 60.9 Å². The van der Waals surface area contributed by atoms with E-state index in [1.165, 1.54) is 49.7 Å². The first-order valence-electron chi connectivity index (χ1n) is 19.8. The van der Waals surface area contributed by atoms with E-state index in [0.717, 1.165) is 39.0 Å². The zero-order valence-electron chi connectivity index (χ0n) is 32.9. The number of aromatic nitrogens is 1. The van der Waals surface area contributed by atoms with Crippen LogP contribution >= 0.6 is 0 Å². The Kier molecular flexibility index (Phi) is 9.39. The Morgan fingerprint density at radius 3 is 1.79 bits per heavy atom. The summed E-state index contributed by atoms with van der Waals surface area (Å²) in [7, 11) is 0. The summed E-state index contributed by atoms with van der Waals surface area (Å²) in [6.45, 7) is 6.74. The molecule has 0 aliphatic heterocycles. The number of nitrogens with two attached hydrogens (primary N) is 1. The first-order valence-corrected chi connectivity index (χ1v) is 19.8. The Hall–Kier alpha value is -7.30. The van der Waals surface area contributed by atoms with E-state index in [0.29, 0.717) is 5.84 Å². The van der Waals surface area contributed by atoms with Crippen LogP contribution in [-0.2, 0) is 5.41 Å². The van der Waals surface area contributed by atoms with Crippen molar-refractivity contribution in [2.24, 2.45) is 10.7 Å². The van der Waals surface area contributed by atoms with Crippen molar-refractivity contribution in [3.63, 3.8) is 0 Å². The van der Waals surface area contributed by atoms with Crippen molar-refractivity contribution in [3.8, 4) is 39.1 Å². The van der Waals surface area contributed by atoms with Gasteiger partial charge in [-0.15, -0.1) is 0 Å². The predicted octanol–water partition coefficient (Wildman–Crippen LogP) is 13.1. The third kappa shape index (κ3) is 6.69. The van der Waals surface area contributed by atoms with Gasteiger partial charge in [-0.2, -0.15) is 0 Å². The number of aryl methyl sites for hydroxylation is 1. The van der Waals surface area contributed by atoms with Gasteiger partial charge in [-0.1, -0.05) is 183 Å². The number of fused-ring (bicyclic) bond motifs is 6. The molecule has 9 aromatic rings. The zero-order valence-corrected chi connectivity index (χ0v) is 32.9. The minimum Gasteiger partial charge on any atom is -0.383 e. The second-order valence-corrected chi connectivity index (χ2v) is 15.5. The quantitative estimate of drug-likeness (QED) is 0.134. The molecule has 8 aromatic carbocycles. The average molecular weight is 749 g/mol. The summed E-state index contributed by atoms with van der Waals surface area (Å²) < 4.78 is 2.30. The Balaban J connectivity index is 0.000000565. The van der Waals surface area contributed by atoms with Gasteiger partial charge in [0.05, 0.1) is 11.0 Å². The van der Waals surface area contributed by atoms with Crippen LogP contribution in [0.1, 0.15) is 41.7 Å². The van der Waals surface area contributed by atoms with Crippen LogP contribution in [0.3, 0.4) is 0 Å². The highest BCUT2D eigenvalue weighted by Crippen LogP contribution is 2.49. The van der Waals surface area contributed by atoms with Gasteiger partial charge in [-0.3, -0.25) is 5.41 Å². The Labute approximate surface area is 340 Å². The van der Waals surface area contributed by atoms with Gasteiger partial charge in [0.15, 0.2) is 5.84 Å². The Morgan fingerprint density at radius 2 is 1.07 bits per heavy atom. The van der Waals surface area contributed by atoms with Gasteiger partial charge >= 0.3 is 0 Å². The minimum absolute atomic E-state index is 0.0288. The molecule has 0 fully saturated rings. The summed E-state index contributed by atoms with van der Waals surface area (Å²) >= 11 is 0. The van der Waals surface area contributed by atoms with Crippen molar-refractivity contribution in [2.75, 3.05) is 0 Å². The average Bonchev–Trinajstić information content (AvgIpc) is 3.72. The summed E-state index contributed by atoms with van der Waals surface area (Å²) in [5.74, 6) is 0.445. The normalized spacial score (nSPS) is 12.8. The second-order valence-electron chi connectivity index (χ2n) is 15.5. The molecule has 0 amide bonds. The maximum atomic E-state index is 8.48. The molecule has 0 bridgehead atoms. The Bertz CT molecular complexity index is 2990. The topological polar surface area (TPSA) is 67.2 Å². The lowest BCUT2D eigenvalue weighted by Gasteiger charge is -2.22. The molecule has 1 aliphatic carbocycles. The molecule has 1 aliphatic rings. The molecule has 280 valence electrons. The molecular formula is C54H44N4. The lowest BCUT2D eigenvalue weighted by atomic mass is 9.81. The molecule has 10 rings (SSSR count). The molecule has 1 heterocycles. The van der Waals surface area contributed by atoms with Gasteiger partial charge in [0, 0.05) is 33.0 Å². The van der Waals surface area contributed by atoms with Gasteiger partial charge < -0.3 is 10.3 Å². The summed E-state index contributed by atoms with van der Waals surface area (Å²) in [5, 5.41) is 10.9. The predicted molar refractivity (Wildman–Crippen MR) is 244 cm³/mol. The third-order valence-electron chi connectivity index (χ3n) is 11.4. The highest BCUT2D eigenvalue weighted by Gasteiger charge is 2.35. The Morgan fingerprint density at radius 1 is 0.500 bits per heavy atom. The van der Waals surface area contributed by atoms with Crippen molar-refractivity contribution in [2.45, 2.75) is 26.2 Å². The van der Waals surface area contributed by atoms with Gasteiger partial charge in [-0.25, -0.2) is 4.99 Å². The highest BCUT2D eigenvalue weighted by atomic mass is 15.0. The number of hydrogen-bond acceptors (Lipinski definition) is 1. The fourth-order valence-corrected chi connectivity index (χ4v) is 8.35. The fraction of sp³-hybridized carbons (Fsp3) is 0.0741. The third-order valence-corrected chi connectivity index (χ3v) is 11.4. The van der Waals surface area contributed by atoms with E-state index in [4.69, 9.17) is 11.1 Å². The molecule has 0 spiro atoms. The molecule has 0 radical (unpaired) electrons. The van der Waals surface area contributed by atoms with E-state index in [2.05, 4.69) is 164 Å². The first-order chi connectivity index (χ1) is 28.3. The van der Waals surface area contributed by atoms with E-state index in [1.54, 1.807) is 0 Å². The smallest absolute Gasteiger partial charge is 0.154 e. The molecule has 1 aromatic heterocycles. The van der Waals surface area contributed by atoms with Crippen LogP contribution in [0, 0.1) is 12.3 Å². The van der Waals surface area contributed by atoms with Crippen molar-refractivity contribution >= 4 is 33.5 Å². The summed E-state index contributed by atoms with van der Waals surface area (Å²) in [4.78, 5) is 4.45. The van der Waals surface area contributed by atoms with E-state index in [9.17, 15) is 0 Å². The van der Waals surface area contributed by atoms with Crippen LogP contribution < -0.4 is 5.73 Å². The number of amidine groups is 2. The SMILES string of the molecule is CC1(C)c2ccccc2-c2ccc(-c3ccc(-c4ccc5c6ccccc6n(-c6cccc(C(N)=NC(=N)c7ccccc7)c6)c5c4)cc3)cc21.Cc1ccccc1. The van der Waals surface area contributed by atoms with E-state index in [1.807, 2.05) is 60.7 Å². The molecule has 3 N–H and O–H groups in total. The summed E-state index contributed by atoms with van der Waals surface area (Å²) in [6.07, 6.45) is 0. The van der Waals surface area contributed by atoms with Crippen molar-refractivity contribution < 1.29 is 0 Å². The zero-order chi connectivity index (χ0) is 39.8. The van der Waals surface area contributed by atoms with E-state index in [-0.39, 0.29) is 11.3 Å². The molecule has 0 atom stereocenters. The lowest BCUT2D eigenvalue weighted by molar-refractivity contribution is 0.660. The molecule has 0 saturated carbocycles. The van der Waals surface area contributed by atoms with Crippen LogP contribution in [-0.4, -0.2) is 16.2 Å². The molecule has 4 nitrogen and oxygen atoms in total. The maximum Gasteiger partial charge on any atom is 0.154 e. The van der Waals surface area contributed by atoms with Gasteiger partial charge in [0.1, 0.15) is 5.84 Å². The van der Waals surface area contributed by atoms with E-state index >= 15 is 0 Å². The number of aliphatic imine (C=N–C) groups is 1. The minimum atomic E-state index is -0.0288. The number of rotatable bonds is 5.